The number of aliphatic imine (C=N–C) groups is 1. The van der Waals surface area contributed by atoms with Crippen molar-refractivity contribution in [2.24, 2.45) is 22.4 Å². The van der Waals surface area contributed by atoms with Crippen LogP contribution in [0, 0.1) is 5.92 Å². The van der Waals surface area contributed by atoms with Crippen LogP contribution < -0.4 is 22.1 Å². The Bertz CT molecular complexity index is 1340. The number of fused-ring (bicyclic) bond motifs is 1. The van der Waals surface area contributed by atoms with Crippen molar-refractivity contribution >= 4 is 23.7 Å². The fourth-order valence-electron chi connectivity index (χ4n) is 6.48. The van der Waals surface area contributed by atoms with Crippen molar-refractivity contribution in [2.45, 2.75) is 87.7 Å². The maximum absolute atomic E-state index is 14.5. The molecule has 3 amide bonds. The Balaban J connectivity index is 1.55. The highest BCUT2D eigenvalue weighted by Gasteiger charge is 2.50. The molecular weight excluding hydrogens is 592 g/mol. The van der Waals surface area contributed by atoms with E-state index in [1.807, 2.05) is 30.3 Å². The molecular formula is C33H46N6O7. The highest BCUT2D eigenvalue weighted by Crippen LogP contribution is 2.40. The van der Waals surface area contributed by atoms with E-state index < -0.39 is 54.1 Å². The first-order chi connectivity index (χ1) is 22.0. The number of benzene rings is 2. The zero-order valence-electron chi connectivity index (χ0n) is 25.9. The summed E-state index contributed by atoms with van der Waals surface area (Å²) in [5.74, 6) is -1.66. The van der Waals surface area contributed by atoms with Crippen LogP contribution in [0.4, 0.5) is 0 Å². The zero-order valence-corrected chi connectivity index (χ0v) is 25.9. The van der Waals surface area contributed by atoms with Gasteiger partial charge >= 0.3 is 0 Å². The topological polar surface area (TPSA) is 224 Å². The molecule has 0 spiro atoms. The fourth-order valence-corrected chi connectivity index (χ4v) is 6.48. The lowest BCUT2D eigenvalue weighted by Gasteiger charge is -2.37. The van der Waals surface area contributed by atoms with Gasteiger partial charge in [0.05, 0.1) is 18.8 Å². The van der Waals surface area contributed by atoms with E-state index in [0.29, 0.717) is 50.6 Å². The molecule has 1 heterocycles. The second kappa shape index (κ2) is 16.4. The second-order valence-corrected chi connectivity index (χ2v) is 12.3. The van der Waals surface area contributed by atoms with E-state index in [0.717, 1.165) is 5.56 Å². The number of carbonyl (C=O) groups is 3. The number of nitrogens with zero attached hydrogens (tertiary/aromatic N) is 2. The summed E-state index contributed by atoms with van der Waals surface area (Å²) in [6, 6.07) is 12.3. The van der Waals surface area contributed by atoms with Gasteiger partial charge in [0.15, 0.2) is 5.96 Å². The maximum Gasteiger partial charge on any atom is 0.249 e. The van der Waals surface area contributed by atoms with Gasteiger partial charge in [0.25, 0.3) is 0 Å². The number of rotatable bonds is 14. The SMILES string of the molecule is NC(N)=NCCC[C@@H](CO)NC(=O)[C@@H]1C[C@@H]2CC[C@@H](O)C[C@@H]2N1C(=O)[C@@H](Cc1ccccc1)NC(=O)[C@H](O)Cc1ccc(O)cc1. The number of hydrogen-bond acceptors (Lipinski definition) is 8. The lowest BCUT2D eigenvalue weighted by atomic mass is 9.83. The van der Waals surface area contributed by atoms with Crippen LogP contribution in [0.15, 0.2) is 59.6 Å². The summed E-state index contributed by atoms with van der Waals surface area (Å²) in [5, 5.41) is 46.5. The monoisotopic (exact) mass is 638 g/mol. The van der Waals surface area contributed by atoms with Gasteiger partial charge in [0.1, 0.15) is 23.9 Å². The first kappa shape index (κ1) is 34.7. The lowest BCUT2D eigenvalue weighted by Crippen LogP contribution is -2.59. The summed E-state index contributed by atoms with van der Waals surface area (Å²) in [6.45, 7) is 0.0235. The fraction of sp³-hybridized carbons (Fsp3) is 0.515. The predicted molar refractivity (Wildman–Crippen MR) is 171 cm³/mol. The molecule has 1 aliphatic heterocycles. The van der Waals surface area contributed by atoms with E-state index in [1.54, 1.807) is 12.1 Å². The van der Waals surface area contributed by atoms with Crippen LogP contribution in [-0.2, 0) is 27.2 Å². The molecule has 0 unspecified atom stereocenters. The summed E-state index contributed by atoms with van der Waals surface area (Å²) in [6.07, 6.45) is 0.811. The molecule has 2 aliphatic rings. The van der Waals surface area contributed by atoms with Gasteiger partial charge in [-0.1, -0.05) is 42.5 Å². The van der Waals surface area contributed by atoms with Crippen molar-refractivity contribution in [1.82, 2.24) is 15.5 Å². The number of hydrogen-bond donors (Lipinski definition) is 8. The average molecular weight is 639 g/mol. The smallest absolute Gasteiger partial charge is 0.249 e. The number of guanidine groups is 1. The van der Waals surface area contributed by atoms with Crippen LogP contribution in [0.2, 0.25) is 0 Å². The van der Waals surface area contributed by atoms with Gasteiger partial charge in [0, 0.05) is 25.4 Å². The number of carbonyl (C=O) groups excluding carboxylic acids is 3. The number of aromatic hydroxyl groups is 1. The van der Waals surface area contributed by atoms with Crippen molar-refractivity contribution < 1.29 is 34.8 Å². The molecule has 1 saturated carbocycles. The summed E-state index contributed by atoms with van der Waals surface area (Å²) in [7, 11) is 0. The van der Waals surface area contributed by atoms with E-state index >= 15 is 0 Å². The predicted octanol–water partition coefficient (Wildman–Crippen LogP) is -0.316. The van der Waals surface area contributed by atoms with Gasteiger partial charge in [-0.15, -0.1) is 0 Å². The molecule has 10 N–H and O–H groups in total. The summed E-state index contributed by atoms with van der Waals surface area (Å²) in [5.41, 5.74) is 12.2. The summed E-state index contributed by atoms with van der Waals surface area (Å²) >= 11 is 0. The van der Waals surface area contributed by atoms with Crippen molar-refractivity contribution in [3.05, 3.63) is 65.7 Å². The van der Waals surface area contributed by atoms with Crippen LogP contribution in [0.3, 0.4) is 0 Å². The third-order valence-corrected chi connectivity index (χ3v) is 8.84. The molecule has 1 aliphatic carbocycles. The van der Waals surface area contributed by atoms with Crippen molar-refractivity contribution in [3.8, 4) is 5.75 Å². The van der Waals surface area contributed by atoms with Gasteiger partial charge < -0.3 is 47.4 Å². The quantitative estimate of drug-likeness (QED) is 0.0770. The minimum Gasteiger partial charge on any atom is -0.508 e. The number of phenolic OH excluding ortho intramolecular Hbond substituents is 1. The molecule has 13 heteroatoms. The molecule has 7 atom stereocenters. The molecule has 250 valence electrons. The Morgan fingerprint density at radius 2 is 1.65 bits per heavy atom. The lowest BCUT2D eigenvalue weighted by molar-refractivity contribution is -0.145. The van der Waals surface area contributed by atoms with E-state index in [2.05, 4.69) is 15.6 Å². The van der Waals surface area contributed by atoms with E-state index in [-0.39, 0.29) is 37.1 Å². The Hall–Kier alpha value is -4.20. The molecule has 2 aromatic carbocycles. The highest BCUT2D eigenvalue weighted by molar-refractivity contribution is 5.94. The Morgan fingerprint density at radius 1 is 0.957 bits per heavy atom. The number of aliphatic hydroxyl groups is 3. The molecule has 2 fully saturated rings. The standard InChI is InChI=1S/C33H46N6O7/c34-33(35)36-14-4-7-23(19-40)37-30(44)28-17-22-10-13-25(42)18-27(22)39(28)32(46)26(15-20-5-2-1-3-6-20)38-31(45)29(43)16-21-8-11-24(41)12-9-21/h1-3,5-6,8-9,11-12,22-23,25-29,40-43H,4,7,10,13-19H2,(H,37,44)(H,38,45)(H4,34,35,36)/t22-,23-,25+,26+,27-,28-,29+/m0/s1. The molecule has 13 nitrogen and oxygen atoms in total. The van der Waals surface area contributed by atoms with Crippen molar-refractivity contribution in [2.75, 3.05) is 13.2 Å². The van der Waals surface area contributed by atoms with E-state index in [4.69, 9.17) is 11.5 Å². The summed E-state index contributed by atoms with van der Waals surface area (Å²) in [4.78, 5) is 46.9. The van der Waals surface area contributed by atoms with Gasteiger partial charge in [-0.25, -0.2) is 0 Å². The third kappa shape index (κ3) is 9.41. The molecule has 46 heavy (non-hydrogen) atoms. The Labute approximate surface area is 268 Å². The van der Waals surface area contributed by atoms with Crippen LogP contribution >= 0.6 is 0 Å². The molecule has 0 bridgehead atoms. The third-order valence-electron chi connectivity index (χ3n) is 8.84. The van der Waals surface area contributed by atoms with Crippen molar-refractivity contribution in [1.29, 1.82) is 0 Å². The zero-order chi connectivity index (χ0) is 33.2. The number of phenols is 1. The van der Waals surface area contributed by atoms with Crippen LogP contribution in [0.5, 0.6) is 5.75 Å². The molecule has 0 aromatic heterocycles. The van der Waals surface area contributed by atoms with Crippen LogP contribution in [-0.4, -0.2) is 98.5 Å². The molecule has 2 aromatic rings. The van der Waals surface area contributed by atoms with E-state index in [9.17, 15) is 34.8 Å². The number of likely N-dealkylation sites (tertiary alicyclic amines) is 1. The number of nitrogens with one attached hydrogen (secondary N) is 2. The summed E-state index contributed by atoms with van der Waals surface area (Å²) < 4.78 is 0. The number of nitrogens with two attached hydrogens (primary N) is 2. The minimum atomic E-state index is -1.47. The van der Waals surface area contributed by atoms with Crippen LogP contribution in [0.1, 0.15) is 49.7 Å². The molecule has 0 radical (unpaired) electrons. The van der Waals surface area contributed by atoms with Gasteiger partial charge in [-0.05, 0) is 67.7 Å². The first-order valence-electron chi connectivity index (χ1n) is 15.8. The largest absolute Gasteiger partial charge is 0.508 e. The Morgan fingerprint density at radius 3 is 2.33 bits per heavy atom. The van der Waals surface area contributed by atoms with Crippen LogP contribution in [0.25, 0.3) is 0 Å². The minimum absolute atomic E-state index is 0.0225. The van der Waals surface area contributed by atoms with Gasteiger partial charge in [0.2, 0.25) is 17.7 Å². The first-order valence-corrected chi connectivity index (χ1v) is 15.8. The Kier molecular flexibility index (Phi) is 12.4. The van der Waals surface area contributed by atoms with E-state index in [1.165, 1.54) is 17.0 Å². The highest BCUT2D eigenvalue weighted by atomic mass is 16.3. The number of amides is 3. The molecule has 1 saturated heterocycles. The number of aliphatic hydroxyl groups excluding tert-OH is 3. The average Bonchev–Trinajstić information content (AvgIpc) is 3.42. The maximum atomic E-state index is 14.5. The van der Waals surface area contributed by atoms with Gasteiger partial charge in [-0.3, -0.25) is 19.4 Å². The van der Waals surface area contributed by atoms with Crippen molar-refractivity contribution in [3.63, 3.8) is 0 Å². The second-order valence-electron chi connectivity index (χ2n) is 12.3. The van der Waals surface area contributed by atoms with Gasteiger partial charge in [-0.2, -0.15) is 0 Å². The molecule has 4 rings (SSSR count). The normalized spacial score (nSPS) is 22.6.